The van der Waals surface area contributed by atoms with Crippen molar-refractivity contribution in [2.24, 2.45) is 0 Å². The van der Waals surface area contributed by atoms with Crippen molar-refractivity contribution in [1.29, 1.82) is 0 Å². The molecule has 2 aromatic carbocycles. The number of hydrogen-bond donors (Lipinski definition) is 0. The van der Waals surface area contributed by atoms with E-state index < -0.39 is 20.8 Å². The predicted octanol–water partition coefficient (Wildman–Crippen LogP) is 3.61. The number of hydrogen-bond acceptors (Lipinski definition) is 6. The molecule has 0 bridgehead atoms. The normalized spacial score (nSPS) is 16.2. The molecule has 6 nitrogen and oxygen atoms in total. The van der Waals surface area contributed by atoms with Crippen LogP contribution >= 0.6 is 0 Å². The third-order valence-corrected chi connectivity index (χ3v) is 5.85. The summed E-state index contributed by atoms with van der Waals surface area (Å²) in [5, 5.41) is 0. The first-order valence-corrected chi connectivity index (χ1v) is 9.63. The molecule has 0 aromatic heterocycles. The average molecular weight is 394 g/mol. The molecule has 0 spiro atoms. The lowest BCUT2D eigenvalue weighted by Crippen LogP contribution is -2.14. The highest BCUT2D eigenvalue weighted by molar-refractivity contribution is 7.87. The van der Waals surface area contributed by atoms with Crippen LogP contribution in [0.25, 0.3) is 0 Å². The molecule has 3 rings (SSSR count). The quantitative estimate of drug-likeness (QED) is 0.721. The number of ketones is 1. The van der Waals surface area contributed by atoms with Crippen LogP contribution in [0.3, 0.4) is 0 Å². The fourth-order valence-electron chi connectivity index (χ4n) is 3.37. The molecule has 8 heteroatoms. The Morgan fingerprint density at radius 1 is 1.07 bits per heavy atom. The smallest absolute Gasteiger partial charge is 0.342 e. The van der Waals surface area contributed by atoms with Gasteiger partial charge in [-0.2, -0.15) is 8.42 Å². The number of aryl methyl sites for hydroxylation is 1. The fourth-order valence-corrected chi connectivity index (χ4v) is 4.38. The Balaban J connectivity index is 2.09. The van der Waals surface area contributed by atoms with Crippen molar-refractivity contribution in [3.63, 3.8) is 0 Å². The highest BCUT2D eigenvalue weighted by atomic mass is 32.2. The Hall–Kier alpha value is -2.61. The summed E-state index contributed by atoms with van der Waals surface area (Å²) in [5.74, 6) is -1.28. The van der Waals surface area contributed by atoms with Crippen molar-refractivity contribution in [3.8, 4) is 17.2 Å². The highest BCUT2D eigenvalue weighted by Crippen LogP contribution is 2.41. The number of methoxy groups -OCH3 is 2. The SMILES string of the molecule is COc1cc(F)c(S(=O)(=O)Oc2ccc(C)c3c2C(=O)C[C@H]3C)cc1OC. The van der Waals surface area contributed by atoms with Gasteiger partial charge in [-0.25, -0.2) is 4.39 Å². The first kappa shape index (κ1) is 19.2. The van der Waals surface area contributed by atoms with E-state index in [0.717, 1.165) is 23.3 Å². The number of carbonyl (C=O) groups excluding carboxylic acids is 1. The van der Waals surface area contributed by atoms with Gasteiger partial charge in [-0.15, -0.1) is 0 Å². The summed E-state index contributed by atoms with van der Waals surface area (Å²) in [4.78, 5) is 11.6. The second kappa shape index (κ2) is 6.84. The highest BCUT2D eigenvalue weighted by Gasteiger charge is 2.33. The lowest BCUT2D eigenvalue weighted by atomic mass is 9.98. The minimum Gasteiger partial charge on any atom is -0.493 e. The van der Waals surface area contributed by atoms with Crippen molar-refractivity contribution in [1.82, 2.24) is 0 Å². The summed E-state index contributed by atoms with van der Waals surface area (Å²) in [6.45, 7) is 3.74. The number of benzene rings is 2. The molecule has 0 saturated carbocycles. The Morgan fingerprint density at radius 2 is 1.70 bits per heavy atom. The molecule has 2 aromatic rings. The third-order valence-electron chi connectivity index (χ3n) is 4.60. The summed E-state index contributed by atoms with van der Waals surface area (Å²) in [7, 11) is -1.92. The van der Waals surface area contributed by atoms with Crippen LogP contribution in [0.2, 0.25) is 0 Å². The fraction of sp³-hybridized carbons (Fsp3) is 0.316. The van der Waals surface area contributed by atoms with Gasteiger partial charge in [-0.3, -0.25) is 4.79 Å². The first-order valence-electron chi connectivity index (χ1n) is 8.22. The minimum absolute atomic E-state index is 0.0310. The standard InChI is InChI=1S/C19H19FO6S/c1-10-5-6-14(19-13(21)7-11(2)18(10)19)26-27(22,23)17-9-16(25-4)15(24-3)8-12(17)20/h5-6,8-9,11H,7H2,1-4H3/t11-/m1/s1. The molecule has 0 fully saturated rings. The molecule has 144 valence electrons. The van der Waals surface area contributed by atoms with Crippen molar-refractivity contribution < 1.29 is 31.3 Å². The zero-order chi connectivity index (χ0) is 19.9. The third kappa shape index (κ3) is 3.25. The van der Waals surface area contributed by atoms with Crippen LogP contribution in [0, 0.1) is 12.7 Å². The van der Waals surface area contributed by atoms with Gasteiger partial charge in [0, 0.05) is 18.6 Å². The van der Waals surface area contributed by atoms with Gasteiger partial charge >= 0.3 is 10.1 Å². The summed E-state index contributed by atoms with van der Waals surface area (Å²) in [6.07, 6.45) is 0.279. The average Bonchev–Trinajstić information content (AvgIpc) is 2.92. The van der Waals surface area contributed by atoms with Crippen LogP contribution < -0.4 is 13.7 Å². The van der Waals surface area contributed by atoms with Crippen LogP contribution in [0.15, 0.2) is 29.2 Å². The van der Waals surface area contributed by atoms with Gasteiger partial charge in [-0.05, 0) is 30.0 Å². The summed E-state index contributed by atoms with van der Waals surface area (Å²) in [5.41, 5.74) is 1.89. The van der Waals surface area contributed by atoms with E-state index in [1.54, 1.807) is 6.07 Å². The van der Waals surface area contributed by atoms with E-state index in [1.165, 1.54) is 20.3 Å². The number of Topliss-reactive ketones (excluding diaryl/α,β-unsaturated/α-hetero) is 1. The molecule has 0 aliphatic heterocycles. The first-order chi connectivity index (χ1) is 12.7. The number of halogens is 1. The van der Waals surface area contributed by atoms with E-state index >= 15 is 0 Å². The van der Waals surface area contributed by atoms with E-state index in [0.29, 0.717) is 0 Å². The molecule has 0 N–H and O–H groups in total. The molecule has 1 aliphatic rings. The number of ether oxygens (including phenoxy) is 2. The van der Waals surface area contributed by atoms with Gasteiger partial charge in [-0.1, -0.05) is 13.0 Å². The molecule has 0 amide bonds. The maximum atomic E-state index is 14.4. The van der Waals surface area contributed by atoms with Crippen LogP contribution in [0.4, 0.5) is 4.39 Å². The van der Waals surface area contributed by atoms with Gasteiger partial charge in [0.25, 0.3) is 0 Å². The van der Waals surface area contributed by atoms with E-state index in [9.17, 15) is 17.6 Å². The van der Waals surface area contributed by atoms with Crippen molar-refractivity contribution in [3.05, 3.63) is 46.8 Å². The molecule has 1 atom stereocenters. The summed E-state index contributed by atoms with van der Waals surface area (Å²) < 4.78 is 54.9. The molecule has 0 radical (unpaired) electrons. The molecule has 1 aliphatic carbocycles. The van der Waals surface area contributed by atoms with Crippen LogP contribution in [-0.2, 0) is 10.1 Å². The topological polar surface area (TPSA) is 78.9 Å². The summed E-state index contributed by atoms with van der Waals surface area (Å²) in [6, 6.07) is 4.99. The summed E-state index contributed by atoms with van der Waals surface area (Å²) >= 11 is 0. The van der Waals surface area contributed by atoms with Crippen molar-refractivity contribution in [2.75, 3.05) is 14.2 Å². The molecule has 0 unspecified atom stereocenters. The largest absolute Gasteiger partial charge is 0.493 e. The molecular weight excluding hydrogens is 375 g/mol. The predicted molar refractivity (Wildman–Crippen MR) is 95.9 cm³/mol. The van der Waals surface area contributed by atoms with Crippen LogP contribution in [0.1, 0.15) is 40.7 Å². The Bertz CT molecular complexity index is 1030. The monoisotopic (exact) mass is 394 g/mol. The van der Waals surface area contributed by atoms with E-state index in [2.05, 4.69) is 0 Å². The molecule has 0 saturated heterocycles. The number of carbonyl (C=O) groups is 1. The molecule has 27 heavy (non-hydrogen) atoms. The van der Waals surface area contributed by atoms with Gasteiger partial charge in [0.15, 0.2) is 23.0 Å². The van der Waals surface area contributed by atoms with Crippen LogP contribution in [-0.4, -0.2) is 28.4 Å². The Kier molecular flexibility index (Phi) is 4.86. The maximum absolute atomic E-state index is 14.4. The molecule has 0 heterocycles. The maximum Gasteiger partial charge on any atom is 0.342 e. The Morgan fingerprint density at radius 3 is 2.33 bits per heavy atom. The lowest BCUT2D eigenvalue weighted by Gasteiger charge is -2.15. The van der Waals surface area contributed by atoms with Crippen LogP contribution in [0.5, 0.6) is 17.2 Å². The number of rotatable bonds is 5. The van der Waals surface area contributed by atoms with Gasteiger partial charge in [0.05, 0.1) is 19.8 Å². The van der Waals surface area contributed by atoms with E-state index in [-0.39, 0.29) is 40.9 Å². The van der Waals surface area contributed by atoms with Crippen molar-refractivity contribution >= 4 is 15.9 Å². The van der Waals surface area contributed by atoms with Gasteiger partial charge < -0.3 is 13.7 Å². The lowest BCUT2D eigenvalue weighted by molar-refractivity contribution is 0.0989. The van der Waals surface area contributed by atoms with Gasteiger partial charge in [0.2, 0.25) is 0 Å². The Labute approximate surface area is 157 Å². The molecular formula is C19H19FO6S. The van der Waals surface area contributed by atoms with Crippen molar-refractivity contribution in [2.45, 2.75) is 31.1 Å². The van der Waals surface area contributed by atoms with Gasteiger partial charge in [0.1, 0.15) is 10.7 Å². The zero-order valence-corrected chi connectivity index (χ0v) is 16.1. The van der Waals surface area contributed by atoms with E-state index in [1.807, 2.05) is 13.8 Å². The number of fused-ring (bicyclic) bond motifs is 1. The van der Waals surface area contributed by atoms with E-state index in [4.69, 9.17) is 13.7 Å². The second-order valence-electron chi connectivity index (χ2n) is 6.37. The zero-order valence-electron chi connectivity index (χ0n) is 15.3. The second-order valence-corrected chi connectivity index (χ2v) is 7.89. The minimum atomic E-state index is -4.54.